The van der Waals surface area contributed by atoms with Crippen LogP contribution < -0.4 is 11.3 Å². The molecule has 0 aliphatic heterocycles. The van der Waals surface area contributed by atoms with Crippen molar-refractivity contribution in [3.05, 3.63) is 49.9 Å². The summed E-state index contributed by atoms with van der Waals surface area (Å²) in [6.07, 6.45) is 1.16. The van der Waals surface area contributed by atoms with Gasteiger partial charge in [0.1, 0.15) is 0 Å². The molecule has 0 saturated heterocycles. The highest BCUT2D eigenvalue weighted by atomic mass is 32.3. The number of benzene rings is 1. The summed E-state index contributed by atoms with van der Waals surface area (Å²) in [7, 11) is -4.67. The van der Waals surface area contributed by atoms with Crippen molar-refractivity contribution in [1.29, 1.82) is 0 Å². The number of nitrogen functional groups attached to an aromatic ring is 1. The molecule has 1 aromatic carbocycles. The first-order valence-electron chi connectivity index (χ1n) is 6.42. The van der Waals surface area contributed by atoms with Crippen LogP contribution >= 0.6 is 0 Å². The molecule has 3 rings (SSSR count). The predicted molar refractivity (Wildman–Crippen MR) is 86.6 cm³/mol. The number of anilines is 1. The fourth-order valence-electron chi connectivity index (χ4n) is 2.40. The third-order valence-electron chi connectivity index (χ3n) is 3.21. The van der Waals surface area contributed by atoms with Crippen LogP contribution in [0.25, 0.3) is 11.1 Å². The first-order chi connectivity index (χ1) is 11.1. The molecule has 1 aromatic heterocycles. The molecule has 0 atom stereocenters. The Bertz CT molecular complexity index is 962. The monoisotopic (exact) mass is 374 g/mol. The van der Waals surface area contributed by atoms with Crippen LogP contribution in [-0.2, 0) is 23.2 Å². The van der Waals surface area contributed by atoms with Crippen LogP contribution in [0.3, 0.4) is 0 Å². The highest BCUT2D eigenvalue weighted by Crippen LogP contribution is 2.32. The van der Waals surface area contributed by atoms with E-state index in [0.717, 1.165) is 5.56 Å². The summed E-state index contributed by atoms with van der Waals surface area (Å²) >= 11 is 0. The highest BCUT2D eigenvalue weighted by Gasteiger charge is 2.22. The molecule has 13 heteroatoms. The van der Waals surface area contributed by atoms with Gasteiger partial charge in [0.2, 0.25) is 5.95 Å². The minimum absolute atomic E-state index is 0. The summed E-state index contributed by atoms with van der Waals surface area (Å²) in [4.78, 5) is 28.8. The number of non-ortho nitro benzene ring substituents is 1. The number of nitro benzene ring substituents is 1. The molecule has 0 amide bonds. The number of aromatic nitrogens is 2. The van der Waals surface area contributed by atoms with Gasteiger partial charge in [-0.3, -0.25) is 29.0 Å². The SMILES string of the molecule is Nc1nc2c(c(=O)[nH]1)-c1ccc([N+](=O)[O-])cc1CC2.O.O=S(=O)(O)O. The van der Waals surface area contributed by atoms with Crippen LogP contribution in [0.15, 0.2) is 23.0 Å². The van der Waals surface area contributed by atoms with E-state index in [1.165, 1.54) is 12.1 Å². The summed E-state index contributed by atoms with van der Waals surface area (Å²) in [6, 6.07) is 4.50. The Morgan fingerprint density at radius 3 is 2.44 bits per heavy atom. The molecule has 1 aliphatic carbocycles. The van der Waals surface area contributed by atoms with Gasteiger partial charge in [-0.05, 0) is 30.0 Å². The predicted octanol–water partition coefficient (Wildman–Crippen LogP) is -0.452. The van der Waals surface area contributed by atoms with Crippen LogP contribution in [-0.4, -0.2) is 37.9 Å². The first-order valence-corrected chi connectivity index (χ1v) is 7.82. The molecule has 136 valence electrons. The zero-order valence-electron chi connectivity index (χ0n) is 12.5. The number of fused-ring (bicyclic) bond motifs is 3. The van der Waals surface area contributed by atoms with Gasteiger partial charge in [0, 0.05) is 12.1 Å². The standard InChI is InChI=1S/C12H10N4O3.H2O4S.H2O/c13-12-14-9-4-1-6-5-7(16(18)19)2-3-8(6)10(9)11(17)15-12;1-5(2,3)4;/h2-3,5H,1,4H2,(H3,13,14,15,17);(H2,1,2,3,4);1H2. The molecule has 2 aromatic rings. The molecule has 0 fully saturated rings. The van der Waals surface area contributed by atoms with Crippen LogP contribution in [0.2, 0.25) is 0 Å². The Balaban J connectivity index is 0.000000462. The number of H-pyrrole nitrogens is 1. The second-order valence-electron chi connectivity index (χ2n) is 4.82. The van der Waals surface area contributed by atoms with Gasteiger partial charge in [-0.1, -0.05) is 0 Å². The lowest BCUT2D eigenvalue weighted by Gasteiger charge is -2.17. The Morgan fingerprint density at radius 2 is 1.88 bits per heavy atom. The summed E-state index contributed by atoms with van der Waals surface area (Å²) in [5.74, 6) is 0.0918. The maximum Gasteiger partial charge on any atom is 0.394 e. The average Bonchev–Trinajstić information content (AvgIpc) is 2.43. The number of nitrogens with two attached hydrogens (primary N) is 1. The van der Waals surface area contributed by atoms with E-state index in [2.05, 4.69) is 9.97 Å². The zero-order chi connectivity index (χ0) is 18.1. The molecule has 25 heavy (non-hydrogen) atoms. The molecule has 0 radical (unpaired) electrons. The van der Waals surface area contributed by atoms with Crippen molar-refractivity contribution in [3.8, 4) is 11.1 Å². The number of nitrogens with one attached hydrogen (secondary N) is 1. The Morgan fingerprint density at radius 1 is 1.28 bits per heavy atom. The van der Waals surface area contributed by atoms with Gasteiger partial charge in [0.05, 0.1) is 16.2 Å². The van der Waals surface area contributed by atoms with E-state index in [9.17, 15) is 14.9 Å². The van der Waals surface area contributed by atoms with Crippen molar-refractivity contribution in [1.82, 2.24) is 9.97 Å². The van der Waals surface area contributed by atoms with Gasteiger partial charge < -0.3 is 11.2 Å². The van der Waals surface area contributed by atoms with Crippen molar-refractivity contribution < 1.29 is 27.9 Å². The number of aryl methyl sites for hydroxylation is 2. The van der Waals surface area contributed by atoms with Gasteiger partial charge >= 0.3 is 10.4 Å². The first kappa shape index (κ1) is 20.2. The fraction of sp³-hybridized carbons (Fsp3) is 0.167. The van der Waals surface area contributed by atoms with Gasteiger partial charge in [-0.25, -0.2) is 4.98 Å². The summed E-state index contributed by atoms with van der Waals surface area (Å²) in [5, 5.41) is 10.8. The van der Waals surface area contributed by atoms with Crippen molar-refractivity contribution in [2.75, 3.05) is 5.73 Å². The molecule has 0 unspecified atom stereocenters. The Hall–Kier alpha value is -2.87. The topological polar surface area (TPSA) is 221 Å². The zero-order valence-corrected chi connectivity index (χ0v) is 13.3. The van der Waals surface area contributed by atoms with E-state index in [0.29, 0.717) is 29.7 Å². The normalized spacial score (nSPS) is 11.9. The molecular weight excluding hydrogens is 360 g/mol. The fourth-order valence-corrected chi connectivity index (χ4v) is 2.40. The molecule has 0 bridgehead atoms. The molecule has 0 spiro atoms. The number of nitro groups is 1. The second-order valence-corrected chi connectivity index (χ2v) is 5.71. The summed E-state index contributed by atoms with van der Waals surface area (Å²) in [6.45, 7) is 0. The van der Waals surface area contributed by atoms with E-state index >= 15 is 0 Å². The maximum absolute atomic E-state index is 12.0. The van der Waals surface area contributed by atoms with E-state index in [-0.39, 0.29) is 22.7 Å². The van der Waals surface area contributed by atoms with E-state index in [1.807, 2.05) is 0 Å². The third-order valence-corrected chi connectivity index (χ3v) is 3.21. The van der Waals surface area contributed by atoms with Crippen LogP contribution in [0.4, 0.5) is 11.6 Å². The average molecular weight is 374 g/mol. The van der Waals surface area contributed by atoms with Crippen molar-refractivity contribution in [2.24, 2.45) is 0 Å². The molecule has 1 aliphatic rings. The lowest BCUT2D eigenvalue weighted by Crippen LogP contribution is -2.20. The minimum atomic E-state index is -4.67. The number of rotatable bonds is 1. The number of nitrogens with zero attached hydrogens (tertiary/aromatic N) is 2. The summed E-state index contributed by atoms with van der Waals surface area (Å²) < 4.78 is 31.6. The van der Waals surface area contributed by atoms with Crippen LogP contribution in [0.5, 0.6) is 0 Å². The van der Waals surface area contributed by atoms with E-state index in [1.54, 1.807) is 6.07 Å². The maximum atomic E-state index is 12.0. The lowest BCUT2D eigenvalue weighted by atomic mass is 9.89. The van der Waals surface area contributed by atoms with Crippen molar-refractivity contribution >= 4 is 22.0 Å². The lowest BCUT2D eigenvalue weighted by molar-refractivity contribution is -0.384. The molecule has 12 nitrogen and oxygen atoms in total. The number of hydrogen-bond donors (Lipinski definition) is 4. The smallest absolute Gasteiger partial charge is 0.394 e. The van der Waals surface area contributed by atoms with Crippen molar-refractivity contribution in [2.45, 2.75) is 12.8 Å². The van der Waals surface area contributed by atoms with Crippen LogP contribution in [0.1, 0.15) is 11.3 Å². The van der Waals surface area contributed by atoms with E-state index in [4.69, 9.17) is 23.3 Å². The van der Waals surface area contributed by atoms with Gasteiger partial charge in [0.25, 0.3) is 11.2 Å². The van der Waals surface area contributed by atoms with Gasteiger partial charge in [-0.15, -0.1) is 0 Å². The summed E-state index contributed by atoms with van der Waals surface area (Å²) in [5.41, 5.74) is 7.82. The highest BCUT2D eigenvalue weighted by molar-refractivity contribution is 7.79. The quantitative estimate of drug-likeness (QED) is 0.288. The Labute approximate surface area is 140 Å². The third kappa shape index (κ3) is 5.05. The van der Waals surface area contributed by atoms with Gasteiger partial charge in [-0.2, -0.15) is 8.42 Å². The van der Waals surface area contributed by atoms with Crippen LogP contribution in [0, 0.1) is 10.1 Å². The number of hydrogen-bond acceptors (Lipinski definition) is 7. The van der Waals surface area contributed by atoms with Gasteiger partial charge in [0.15, 0.2) is 0 Å². The van der Waals surface area contributed by atoms with Crippen molar-refractivity contribution in [3.63, 3.8) is 0 Å². The molecular formula is C12H14N4O8S. The second kappa shape index (κ2) is 7.35. The molecule has 7 N–H and O–H groups in total. The molecule has 1 heterocycles. The van der Waals surface area contributed by atoms with E-state index < -0.39 is 15.3 Å². The number of aromatic amines is 1. The Kier molecular flexibility index (Phi) is 5.93. The largest absolute Gasteiger partial charge is 0.412 e. The minimum Gasteiger partial charge on any atom is -0.412 e. The molecule has 0 saturated carbocycles.